The van der Waals surface area contributed by atoms with Crippen LogP contribution in [-0.4, -0.2) is 34.1 Å². The number of aromatic nitrogens is 3. The number of esters is 1. The first-order valence-electron chi connectivity index (χ1n) is 6.71. The van der Waals surface area contributed by atoms with E-state index in [1.54, 1.807) is 17.8 Å². The summed E-state index contributed by atoms with van der Waals surface area (Å²) in [6.07, 6.45) is 2.56. The minimum absolute atomic E-state index is 0.100. The minimum Gasteiger partial charge on any atom is -0.461 e. The number of rotatable bonds is 3. The van der Waals surface area contributed by atoms with Crippen molar-refractivity contribution in [1.82, 2.24) is 15.0 Å². The van der Waals surface area contributed by atoms with Gasteiger partial charge in [-0.15, -0.1) is 5.10 Å². The highest BCUT2D eigenvalue weighted by molar-refractivity contribution is 5.86. The molecule has 1 N–H and O–H groups in total. The molecule has 1 aliphatic rings. The van der Waals surface area contributed by atoms with E-state index in [2.05, 4.69) is 21.7 Å². The lowest BCUT2D eigenvalue weighted by atomic mass is 9.98. The third kappa shape index (κ3) is 2.24. The van der Waals surface area contributed by atoms with E-state index in [1.165, 1.54) is 5.56 Å². The molecule has 6 nitrogen and oxygen atoms in total. The molecule has 104 valence electrons. The van der Waals surface area contributed by atoms with Crippen molar-refractivity contribution in [1.29, 1.82) is 0 Å². The summed E-state index contributed by atoms with van der Waals surface area (Å²) < 4.78 is 6.67. The molecule has 1 aliphatic heterocycles. The third-order valence-electron chi connectivity index (χ3n) is 3.37. The molecule has 0 saturated heterocycles. The number of benzene rings is 1. The van der Waals surface area contributed by atoms with Gasteiger partial charge in [-0.1, -0.05) is 23.4 Å². The first-order valence-corrected chi connectivity index (χ1v) is 6.71. The van der Waals surface area contributed by atoms with Crippen molar-refractivity contribution >= 4 is 11.7 Å². The number of hydrogen-bond donors (Lipinski definition) is 1. The minimum atomic E-state index is -0.430. The molecule has 1 aromatic carbocycles. The standard InChI is InChI=1S/C14H16N4O2/c1-2-20-14(19)12-9-18(17-16-12)13-7-8-15-11-6-4-3-5-10(11)13/h3-6,9,13,15H,2,7-8H2,1H3. The molecule has 0 aliphatic carbocycles. The number of nitrogens with zero attached hydrogens (tertiary/aromatic N) is 3. The van der Waals surface area contributed by atoms with Crippen LogP contribution in [0.5, 0.6) is 0 Å². The molecule has 20 heavy (non-hydrogen) atoms. The van der Waals surface area contributed by atoms with Gasteiger partial charge in [-0.25, -0.2) is 9.48 Å². The molecule has 0 bridgehead atoms. The zero-order valence-electron chi connectivity index (χ0n) is 11.2. The number of nitrogens with one attached hydrogen (secondary N) is 1. The van der Waals surface area contributed by atoms with Crippen LogP contribution in [0.4, 0.5) is 5.69 Å². The monoisotopic (exact) mass is 272 g/mol. The van der Waals surface area contributed by atoms with E-state index in [-0.39, 0.29) is 11.7 Å². The second-order valence-electron chi connectivity index (χ2n) is 4.62. The van der Waals surface area contributed by atoms with E-state index in [0.29, 0.717) is 6.61 Å². The predicted molar refractivity (Wildman–Crippen MR) is 73.7 cm³/mol. The van der Waals surface area contributed by atoms with E-state index in [4.69, 9.17) is 4.74 Å². The highest BCUT2D eigenvalue weighted by Crippen LogP contribution is 2.31. The number of carbonyl (C=O) groups is 1. The normalized spacial score (nSPS) is 17.1. The summed E-state index contributed by atoms with van der Waals surface area (Å²) in [6.45, 7) is 2.98. The van der Waals surface area contributed by atoms with E-state index in [9.17, 15) is 4.79 Å². The third-order valence-corrected chi connectivity index (χ3v) is 3.37. The van der Waals surface area contributed by atoms with E-state index in [0.717, 1.165) is 18.7 Å². The maximum atomic E-state index is 11.6. The van der Waals surface area contributed by atoms with Gasteiger partial charge >= 0.3 is 5.97 Å². The molecule has 2 heterocycles. The van der Waals surface area contributed by atoms with Gasteiger partial charge in [-0.05, 0) is 25.0 Å². The zero-order chi connectivity index (χ0) is 13.9. The summed E-state index contributed by atoms with van der Waals surface area (Å²) in [4.78, 5) is 11.6. The largest absolute Gasteiger partial charge is 0.461 e. The Kier molecular flexibility index (Phi) is 3.37. The Balaban J connectivity index is 1.89. The van der Waals surface area contributed by atoms with Crippen LogP contribution in [0.25, 0.3) is 0 Å². The molecule has 6 heteroatoms. The smallest absolute Gasteiger partial charge is 0.360 e. The Morgan fingerprint density at radius 1 is 1.50 bits per heavy atom. The number of hydrogen-bond acceptors (Lipinski definition) is 5. The molecule has 1 unspecified atom stereocenters. The molecular formula is C14H16N4O2. The van der Waals surface area contributed by atoms with Gasteiger partial charge in [-0.3, -0.25) is 0 Å². The molecule has 1 aromatic heterocycles. The number of anilines is 1. The summed E-state index contributed by atoms with van der Waals surface area (Å²) in [5.41, 5.74) is 2.53. The van der Waals surface area contributed by atoms with Crippen LogP contribution >= 0.6 is 0 Å². The van der Waals surface area contributed by atoms with Gasteiger partial charge in [0.15, 0.2) is 5.69 Å². The fraction of sp³-hybridized carbons (Fsp3) is 0.357. The van der Waals surface area contributed by atoms with E-state index < -0.39 is 5.97 Å². The van der Waals surface area contributed by atoms with Crippen LogP contribution in [0.3, 0.4) is 0 Å². The van der Waals surface area contributed by atoms with Crippen LogP contribution in [0.1, 0.15) is 35.4 Å². The Bertz CT molecular complexity index is 623. The van der Waals surface area contributed by atoms with E-state index >= 15 is 0 Å². The average Bonchev–Trinajstić information content (AvgIpc) is 2.97. The van der Waals surface area contributed by atoms with Crippen molar-refractivity contribution in [3.8, 4) is 0 Å². The first-order chi connectivity index (χ1) is 9.79. The number of carbonyl (C=O) groups excluding carboxylic acids is 1. The maximum absolute atomic E-state index is 11.6. The number of ether oxygens (including phenoxy) is 1. The van der Waals surface area contributed by atoms with Crippen LogP contribution in [0, 0.1) is 0 Å². The number of fused-ring (bicyclic) bond motifs is 1. The lowest BCUT2D eigenvalue weighted by Crippen LogP contribution is -2.22. The van der Waals surface area contributed by atoms with Crippen LogP contribution in [-0.2, 0) is 4.74 Å². The van der Waals surface area contributed by atoms with Crippen molar-refractivity contribution < 1.29 is 9.53 Å². The van der Waals surface area contributed by atoms with Gasteiger partial charge in [0.2, 0.25) is 0 Å². The molecule has 0 radical (unpaired) electrons. The average molecular weight is 272 g/mol. The predicted octanol–water partition coefficient (Wildman–Crippen LogP) is 1.86. The van der Waals surface area contributed by atoms with Crippen molar-refractivity contribution in [2.75, 3.05) is 18.5 Å². The molecule has 0 saturated carbocycles. The van der Waals surface area contributed by atoms with Crippen molar-refractivity contribution in [3.05, 3.63) is 41.7 Å². The topological polar surface area (TPSA) is 69.0 Å². The van der Waals surface area contributed by atoms with Gasteiger partial charge in [0.05, 0.1) is 18.8 Å². The van der Waals surface area contributed by atoms with Crippen molar-refractivity contribution in [3.63, 3.8) is 0 Å². The highest BCUT2D eigenvalue weighted by atomic mass is 16.5. The van der Waals surface area contributed by atoms with Gasteiger partial charge in [0.25, 0.3) is 0 Å². The van der Waals surface area contributed by atoms with Crippen molar-refractivity contribution in [2.45, 2.75) is 19.4 Å². The van der Waals surface area contributed by atoms with Gasteiger partial charge in [0, 0.05) is 12.2 Å². The summed E-state index contributed by atoms with van der Waals surface area (Å²) in [7, 11) is 0. The van der Waals surface area contributed by atoms with Crippen LogP contribution < -0.4 is 5.32 Å². The lowest BCUT2D eigenvalue weighted by Gasteiger charge is -2.26. The second kappa shape index (κ2) is 5.32. The Hall–Kier alpha value is -2.37. The molecule has 0 fully saturated rings. The van der Waals surface area contributed by atoms with Crippen molar-refractivity contribution in [2.24, 2.45) is 0 Å². The van der Waals surface area contributed by atoms with E-state index in [1.807, 2.05) is 18.2 Å². The summed E-state index contributed by atoms with van der Waals surface area (Å²) in [5.74, 6) is -0.430. The maximum Gasteiger partial charge on any atom is 0.360 e. The Labute approximate surface area is 116 Å². The molecule has 0 spiro atoms. The number of para-hydroxylation sites is 1. The summed E-state index contributed by atoms with van der Waals surface area (Å²) in [5, 5.41) is 11.3. The quantitative estimate of drug-likeness (QED) is 0.864. The van der Waals surface area contributed by atoms with Gasteiger partial charge in [-0.2, -0.15) is 0 Å². The summed E-state index contributed by atoms with van der Waals surface area (Å²) >= 11 is 0. The highest BCUT2D eigenvalue weighted by Gasteiger charge is 2.23. The van der Waals surface area contributed by atoms with Crippen LogP contribution in [0.15, 0.2) is 30.5 Å². The molecular weight excluding hydrogens is 256 g/mol. The lowest BCUT2D eigenvalue weighted by molar-refractivity contribution is 0.0519. The van der Waals surface area contributed by atoms with Gasteiger partial charge in [0.1, 0.15) is 0 Å². The van der Waals surface area contributed by atoms with Gasteiger partial charge < -0.3 is 10.1 Å². The molecule has 2 aromatic rings. The second-order valence-corrected chi connectivity index (χ2v) is 4.62. The van der Waals surface area contributed by atoms with Crippen LogP contribution in [0.2, 0.25) is 0 Å². The SMILES string of the molecule is CCOC(=O)c1cn(C2CCNc3ccccc32)nn1. The Morgan fingerprint density at radius 2 is 2.35 bits per heavy atom. The molecule has 0 amide bonds. The fourth-order valence-electron chi connectivity index (χ4n) is 2.45. The molecule has 1 atom stereocenters. The zero-order valence-corrected chi connectivity index (χ0v) is 11.2. The fourth-order valence-corrected chi connectivity index (χ4v) is 2.45. The Morgan fingerprint density at radius 3 is 3.20 bits per heavy atom. The first kappa shape index (κ1) is 12.7. The summed E-state index contributed by atoms with van der Waals surface area (Å²) in [6, 6.07) is 8.22. The molecule has 3 rings (SSSR count).